The van der Waals surface area contributed by atoms with Crippen LogP contribution in [0.25, 0.3) is 0 Å². The lowest BCUT2D eigenvalue weighted by Crippen LogP contribution is -2.61. The van der Waals surface area contributed by atoms with Crippen LogP contribution in [0, 0.1) is 5.92 Å². The van der Waals surface area contributed by atoms with Crippen molar-refractivity contribution in [2.45, 2.75) is 31.2 Å². The van der Waals surface area contributed by atoms with E-state index in [1.165, 1.54) is 11.1 Å². The smallest absolute Gasteiger partial charge is 0.148 e. The van der Waals surface area contributed by atoms with Crippen molar-refractivity contribution in [2.75, 3.05) is 32.6 Å². The molecule has 0 aromatic heterocycles. The molecule has 3 aliphatic heterocycles. The highest BCUT2D eigenvalue weighted by Gasteiger charge is 2.67. The van der Waals surface area contributed by atoms with Gasteiger partial charge in [0.2, 0.25) is 0 Å². The van der Waals surface area contributed by atoms with Gasteiger partial charge in [0.15, 0.2) is 0 Å². The number of piperidine rings is 1. The minimum Gasteiger partial charge on any atom is -0.495 e. The number of para-hydroxylation sites is 1. The van der Waals surface area contributed by atoms with Crippen molar-refractivity contribution in [3.63, 3.8) is 0 Å². The number of hydrogen-bond donors (Lipinski definition) is 1. The Labute approximate surface area is 148 Å². The SMILES string of the molecule is C/C=C1/C[N+]2(C)CC[C@]34C(=C(C=O)[C@@H]1C[C@@H]32)Nc1c(OC)cccc14. The van der Waals surface area contributed by atoms with Gasteiger partial charge >= 0.3 is 0 Å². The molecule has 5 rings (SSSR count). The molecule has 3 heterocycles. The third-order valence-corrected chi connectivity index (χ3v) is 7.37. The van der Waals surface area contributed by atoms with E-state index >= 15 is 0 Å². The van der Waals surface area contributed by atoms with Gasteiger partial charge in [-0.1, -0.05) is 18.2 Å². The zero-order valence-electron chi connectivity index (χ0n) is 15.1. The molecule has 1 aromatic carbocycles. The van der Waals surface area contributed by atoms with E-state index in [4.69, 9.17) is 4.74 Å². The number of fused-ring (bicyclic) bond motifs is 2. The number of nitrogens with one attached hydrogen (secondary N) is 1. The number of carbonyl (C=O) groups is 1. The van der Waals surface area contributed by atoms with Gasteiger partial charge in [-0.15, -0.1) is 0 Å². The fourth-order valence-corrected chi connectivity index (χ4v) is 6.28. The summed E-state index contributed by atoms with van der Waals surface area (Å²) in [5, 5.41) is 3.65. The van der Waals surface area contributed by atoms with Gasteiger partial charge in [0.05, 0.1) is 31.8 Å². The summed E-state index contributed by atoms with van der Waals surface area (Å²) in [4.78, 5) is 12.2. The normalized spacial score (nSPS) is 39.1. The Morgan fingerprint density at radius 2 is 2.24 bits per heavy atom. The first-order chi connectivity index (χ1) is 12.1. The summed E-state index contributed by atoms with van der Waals surface area (Å²) in [5.41, 5.74) is 5.90. The van der Waals surface area contributed by atoms with Gasteiger partial charge in [-0.25, -0.2) is 0 Å². The highest BCUT2D eigenvalue weighted by Crippen LogP contribution is 2.63. The number of quaternary nitrogens is 1. The van der Waals surface area contributed by atoms with Crippen LogP contribution in [-0.2, 0) is 10.2 Å². The maximum Gasteiger partial charge on any atom is 0.148 e. The third kappa shape index (κ3) is 1.59. The molecule has 1 aliphatic carbocycles. The summed E-state index contributed by atoms with van der Waals surface area (Å²) in [6.07, 6.45) is 5.52. The number of rotatable bonds is 2. The Morgan fingerprint density at radius 3 is 2.96 bits per heavy atom. The molecule has 4 heteroatoms. The molecule has 1 unspecified atom stereocenters. The topological polar surface area (TPSA) is 38.3 Å². The zero-order chi connectivity index (χ0) is 17.4. The highest BCUT2D eigenvalue weighted by molar-refractivity contribution is 5.86. The standard InChI is InChI=1S/C21H24N2O2/c1-4-13-11-23(2)9-8-21-16-6-5-7-17(25-3)19(16)22-20(21)15(12-24)14(13)10-18(21)23/h4-7,12,14,18H,8-11H2,1-3H3/p+1/b13-4-/t14-,18+,21-,23?/m1/s1. The summed E-state index contributed by atoms with van der Waals surface area (Å²) < 4.78 is 6.71. The van der Waals surface area contributed by atoms with Crippen molar-refractivity contribution in [1.29, 1.82) is 0 Å². The average Bonchev–Trinajstić information content (AvgIpc) is 3.14. The van der Waals surface area contributed by atoms with Crippen molar-refractivity contribution in [1.82, 2.24) is 0 Å². The van der Waals surface area contributed by atoms with Crippen molar-refractivity contribution >= 4 is 12.0 Å². The predicted octanol–water partition coefficient (Wildman–Crippen LogP) is 3.01. The van der Waals surface area contributed by atoms with Gasteiger partial charge in [0.1, 0.15) is 24.6 Å². The van der Waals surface area contributed by atoms with Crippen LogP contribution in [0.15, 0.2) is 41.1 Å². The fraction of sp³-hybridized carbons (Fsp3) is 0.476. The van der Waals surface area contributed by atoms with Crippen LogP contribution >= 0.6 is 0 Å². The second kappa shape index (κ2) is 4.76. The number of nitrogens with zero attached hydrogens (tertiary/aromatic N) is 1. The van der Waals surface area contributed by atoms with Gasteiger partial charge in [-0.05, 0) is 24.1 Å². The summed E-state index contributed by atoms with van der Waals surface area (Å²) >= 11 is 0. The second-order valence-electron chi connectivity index (χ2n) is 8.21. The molecule has 4 atom stereocenters. The Kier molecular flexibility index (Phi) is 2.89. The number of anilines is 1. The van der Waals surface area contributed by atoms with Gasteiger partial charge in [0, 0.05) is 30.0 Å². The van der Waals surface area contributed by atoms with Crippen LogP contribution in [0.2, 0.25) is 0 Å². The van der Waals surface area contributed by atoms with E-state index in [-0.39, 0.29) is 11.3 Å². The number of aldehydes is 1. The summed E-state index contributed by atoms with van der Waals surface area (Å²) in [5.74, 6) is 1.15. The van der Waals surface area contributed by atoms with Gasteiger partial charge in [-0.3, -0.25) is 4.79 Å². The Bertz CT molecular complexity index is 855. The van der Waals surface area contributed by atoms with E-state index in [0.717, 1.165) is 59.4 Å². The molecule has 130 valence electrons. The third-order valence-electron chi connectivity index (χ3n) is 7.37. The lowest BCUT2D eigenvalue weighted by atomic mass is 9.61. The van der Waals surface area contributed by atoms with Crippen LogP contribution in [0.4, 0.5) is 5.69 Å². The van der Waals surface area contributed by atoms with Gasteiger partial charge < -0.3 is 14.5 Å². The average molecular weight is 337 g/mol. The Hall–Kier alpha value is -2.07. The second-order valence-corrected chi connectivity index (χ2v) is 8.21. The molecular weight excluding hydrogens is 312 g/mol. The van der Waals surface area contributed by atoms with Gasteiger partial charge in [0.25, 0.3) is 0 Å². The summed E-state index contributed by atoms with van der Waals surface area (Å²) in [6, 6.07) is 6.86. The van der Waals surface area contributed by atoms with E-state index in [1.54, 1.807) is 7.11 Å². The molecule has 4 aliphatic rings. The molecule has 1 aromatic rings. The molecule has 4 nitrogen and oxygen atoms in total. The van der Waals surface area contributed by atoms with E-state index in [2.05, 4.69) is 37.5 Å². The molecule has 0 amide bonds. The molecule has 1 spiro atoms. The first kappa shape index (κ1) is 15.2. The molecule has 0 radical (unpaired) electrons. The van der Waals surface area contributed by atoms with Gasteiger partial charge in [-0.2, -0.15) is 0 Å². The Balaban J connectivity index is 1.84. The van der Waals surface area contributed by atoms with Crippen LogP contribution in [-0.4, -0.2) is 44.1 Å². The van der Waals surface area contributed by atoms with E-state index in [9.17, 15) is 4.79 Å². The van der Waals surface area contributed by atoms with Crippen molar-refractivity contribution in [3.05, 3.63) is 46.7 Å². The van der Waals surface area contributed by atoms with Crippen LogP contribution in [0.3, 0.4) is 0 Å². The molecule has 2 saturated heterocycles. The molecule has 0 saturated carbocycles. The summed E-state index contributed by atoms with van der Waals surface area (Å²) in [7, 11) is 4.12. The minimum atomic E-state index is -0.0510. The van der Waals surface area contributed by atoms with Crippen LogP contribution < -0.4 is 10.1 Å². The molecular formula is C21H25N2O2+. The number of ether oxygens (including phenoxy) is 1. The largest absolute Gasteiger partial charge is 0.495 e. The fourth-order valence-electron chi connectivity index (χ4n) is 6.28. The Morgan fingerprint density at radius 1 is 1.40 bits per heavy atom. The predicted molar refractivity (Wildman–Crippen MR) is 97.6 cm³/mol. The van der Waals surface area contributed by atoms with E-state index in [1.807, 2.05) is 6.07 Å². The minimum absolute atomic E-state index is 0.0510. The first-order valence-corrected chi connectivity index (χ1v) is 9.22. The number of methoxy groups -OCH3 is 1. The quantitative estimate of drug-likeness (QED) is 0.512. The van der Waals surface area contributed by atoms with E-state index in [0.29, 0.717) is 6.04 Å². The first-order valence-electron chi connectivity index (χ1n) is 9.22. The van der Waals surface area contributed by atoms with E-state index < -0.39 is 0 Å². The molecule has 25 heavy (non-hydrogen) atoms. The van der Waals surface area contributed by atoms with Crippen LogP contribution in [0.5, 0.6) is 5.75 Å². The highest BCUT2D eigenvalue weighted by atomic mass is 16.5. The number of carbonyl (C=O) groups excluding carboxylic acids is 1. The number of benzene rings is 1. The molecule has 1 N–H and O–H groups in total. The maximum atomic E-state index is 12.2. The van der Waals surface area contributed by atoms with Crippen molar-refractivity contribution in [2.24, 2.45) is 5.92 Å². The lowest BCUT2D eigenvalue weighted by Gasteiger charge is -2.51. The molecule has 2 fully saturated rings. The zero-order valence-corrected chi connectivity index (χ0v) is 15.1. The lowest BCUT2D eigenvalue weighted by molar-refractivity contribution is -0.923. The number of allylic oxidation sites excluding steroid dienone is 2. The monoisotopic (exact) mass is 337 g/mol. The summed E-state index contributed by atoms with van der Waals surface area (Å²) in [6.45, 7) is 4.34. The van der Waals surface area contributed by atoms with Crippen molar-refractivity contribution in [3.8, 4) is 5.75 Å². The van der Waals surface area contributed by atoms with Crippen LogP contribution in [0.1, 0.15) is 25.3 Å². The maximum absolute atomic E-state index is 12.2. The number of likely N-dealkylation sites (N-methyl/N-ethyl adjacent to an activating group) is 1. The molecule has 2 bridgehead atoms. The van der Waals surface area contributed by atoms with Crippen molar-refractivity contribution < 1.29 is 14.0 Å². The number of hydrogen-bond acceptors (Lipinski definition) is 3.